The average Bonchev–Trinajstić information content (AvgIpc) is 3.25. The number of carbonyl (C=O) groups excluding carboxylic acids is 2. The molecule has 0 saturated carbocycles. The SMILES string of the molecule is Cn1nc(C(=O)O)cc1NC(=O)C1CCCN(C(=O)N2CCCC2)C1. The number of hydrogen-bond donors (Lipinski definition) is 2. The molecule has 0 aromatic carbocycles. The maximum absolute atomic E-state index is 12.5. The van der Waals surface area contributed by atoms with Gasteiger partial charge in [0.25, 0.3) is 0 Å². The predicted molar refractivity (Wildman–Crippen MR) is 89.3 cm³/mol. The Balaban J connectivity index is 1.62. The molecule has 2 aliphatic rings. The Morgan fingerprint density at radius 2 is 1.84 bits per heavy atom. The molecule has 0 radical (unpaired) electrons. The van der Waals surface area contributed by atoms with Crippen LogP contribution in [0, 0.1) is 5.92 Å². The Labute approximate surface area is 145 Å². The number of aryl methyl sites for hydroxylation is 1. The van der Waals surface area contributed by atoms with E-state index in [9.17, 15) is 14.4 Å². The molecular formula is C16H23N5O4. The van der Waals surface area contributed by atoms with Crippen molar-refractivity contribution < 1.29 is 19.5 Å². The van der Waals surface area contributed by atoms with Crippen molar-refractivity contribution in [3.05, 3.63) is 11.8 Å². The minimum atomic E-state index is -1.14. The number of nitrogens with zero attached hydrogens (tertiary/aromatic N) is 4. The molecule has 1 aromatic heterocycles. The van der Waals surface area contributed by atoms with Crippen molar-refractivity contribution in [2.45, 2.75) is 25.7 Å². The first-order valence-corrected chi connectivity index (χ1v) is 8.58. The lowest BCUT2D eigenvalue weighted by atomic mass is 9.97. The highest BCUT2D eigenvalue weighted by atomic mass is 16.4. The van der Waals surface area contributed by atoms with Gasteiger partial charge >= 0.3 is 12.0 Å². The standard InChI is InChI=1S/C16H23N5O4/c1-19-13(9-12(18-19)15(23)24)17-14(22)11-5-4-8-21(10-11)16(25)20-6-2-3-7-20/h9,11H,2-8,10H2,1H3,(H,17,22)(H,23,24). The molecule has 3 amide bonds. The molecule has 2 fully saturated rings. The van der Waals surface area contributed by atoms with E-state index in [1.807, 2.05) is 4.90 Å². The number of aromatic carboxylic acids is 1. The van der Waals surface area contributed by atoms with Crippen LogP contribution in [0.3, 0.4) is 0 Å². The van der Waals surface area contributed by atoms with E-state index in [1.165, 1.54) is 10.7 Å². The van der Waals surface area contributed by atoms with E-state index in [2.05, 4.69) is 10.4 Å². The van der Waals surface area contributed by atoms with Gasteiger partial charge in [-0.2, -0.15) is 5.10 Å². The number of nitrogens with one attached hydrogen (secondary N) is 1. The maximum atomic E-state index is 12.5. The second-order valence-corrected chi connectivity index (χ2v) is 6.59. The summed E-state index contributed by atoms with van der Waals surface area (Å²) >= 11 is 0. The number of urea groups is 1. The molecular weight excluding hydrogens is 326 g/mol. The summed E-state index contributed by atoms with van der Waals surface area (Å²) in [5.74, 6) is -1.32. The van der Waals surface area contributed by atoms with Crippen LogP contribution in [0.15, 0.2) is 6.07 Å². The maximum Gasteiger partial charge on any atom is 0.356 e. The number of carbonyl (C=O) groups is 3. The van der Waals surface area contributed by atoms with Crippen LogP contribution in [0.1, 0.15) is 36.2 Å². The molecule has 3 heterocycles. The molecule has 25 heavy (non-hydrogen) atoms. The van der Waals surface area contributed by atoms with Crippen LogP contribution in [-0.2, 0) is 11.8 Å². The van der Waals surface area contributed by atoms with E-state index in [-0.39, 0.29) is 23.6 Å². The second kappa shape index (κ2) is 7.12. The average molecular weight is 349 g/mol. The van der Waals surface area contributed by atoms with Crippen molar-refractivity contribution in [1.82, 2.24) is 19.6 Å². The minimum Gasteiger partial charge on any atom is -0.476 e. The number of likely N-dealkylation sites (tertiary alicyclic amines) is 2. The van der Waals surface area contributed by atoms with Gasteiger partial charge in [-0.05, 0) is 25.7 Å². The Morgan fingerprint density at radius 1 is 1.16 bits per heavy atom. The van der Waals surface area contributed by atoms with E-state index in [0.717, 1.165) is 32.4 Å². The van der Waals surface area contributed by atoms with Gasteiger partial charge in [0.1, 0.15) is 5.82 Å². The third-order valence-corrected chi connectivity index (χ3v) is 4.79. The Bertz CT molecular complexity index is 680. The third kappa shape index (κ3) is 3.75. The van der Waals surface area contributed by atoms with E-state index < -0.39 is 5.97 Å². The summed E-state index contributed by atoms with van der Waals surface area (Å²) in [6.07, 6.45) is 3.56. The lowest BCUT2D eigenvalue weighted by Crippen LogP contribution is -2.48. The number of aromatic nitrogens is 2. The quantitative estimate of drug-likeness (QED) is 0.846. The first-order chi connectivity index (χ1) is 12.0. The normalized spacial score (nSPS) is 20.6. The molecule has 136 valence electrons. The Hall–Kier alpha value is -2.58. The molecule has 3 rings (SSSR count). The number of piperidine rings is 1. The van der Waals surface area contributed by atoms with Crippen LogP contribution in [0.2, 0.25) is 0 Å². The minimum absolute atomic E-state index is 0.0173. The van der Waals surface area contributed by atoms with Crippen molar-refractivity contribution in [3.8, 4) is 0 Å². The van der Waals surface area contributed by atoms with E-state index in [0.29, 0.717) is 25.3 Å². The molecule has 9 heteroatoms. The van der Waals surface area contributed by atoms with Crippen molar-refractivity contribution in [1.29, 1.82) is 0 Å². The van der Waals surface area contributed by atoms with Gasteiger partial charge in [0.05, 0.1) is 5.92 Å². The fourth-order valence-electron chi connectivity index (χ4n) is 3.39. The fraction of sp³-hybridized carbons (Fsp3) is 0.625. The highest BCUT2D eigenvalue weighted by Crippen LogP contribution is 2.21. The van der Waals surface area contributed by atoms with E-state index >= 15 is 0 Å². The summed E-state index contributed by atoms with van der Waals surface area (Å²) < 4.78 is 1.33. The smallest absolute Gasteiger partial charge is 0.356 e. The molecule has 0 aliphatic carbocycles. The van der Waals surface area contributed by atoms with Gasteiger partial charge in [-0.1, -0.05) is 0 Å². The van der Waals surface area contributed by atoms with Gasteiger partial charge in [-0.3, -0.25) is 9.48 Å². The van der Waals surface area contributed by atoms with Crippen LogP contribution in [0.5, 0.6) is 0 Å². The van der Waals surface area contributed by atoms with E-state index in [1.54, 1.807) is 11.9 Å². The van der Waals surface area contributed by atoms with Crippen LogP contribution >= 0.6 is 0 Å². The van der Waals surface area contributed by atoms with Gasteiger partial charge in [-0.25, -0.2) is 9.59 Å². The molecule has 2 aliphatic heterocycles. The summed E-state index contributed by atoms with van der Waals surface area (Å²) in [6, 6.07) is 1.35. The Kier molecular flexibility index (Phi) is 4.91. The van der Waals surface area contributed by atoms with Gasteiger partial charge < -0.3 is 20.2 Å². The fourth-order valence-corrected chi connectivity index (χ4v) is 3.39. The van der Waals surface area contributed by atoms with Gasteiger partial charge in [0, 0.05) is 39.3 Å². The number of rotatable bonds is 3. The van der Waals surface area contributed by atoms with Gasteiger partial charge in [0.15, 0.2) is 5.69 Å². The summed E-state index contributed by atoms with van der Waals surface area (Å²) in [6.45, 7) is 2.65. The van der Waals surface area contributed by atoms with Crippen LogP contribution in [0.25, 0.3) is 0 Å². The number of anilines is 1. The second-order valence-electron chi connectivity index (χ2n) is 6.59. The molecule has 1 aromatic rings. The zero-order chi connectivity index (χ0) is 18.0. The largest absolute Gasteiger partial charge is 0.476 e. The Morgan fingerprint density at radius 3 is 2.48 bits per heavy atom. The molecule has 9 nitrogen and oxygen atoms in total. The number of amides is 3. The summed E-state index contributed by atoms with van der Waals surface area (Å²) in [4.78, 5) is 39.6. The van der Waals surface area contributed by atoms with Crippen molar-refractivity contribution in [3.63, 3.8) is 0 Å². The van der Waals surface area contributed by atoms with Crippen molar-refractivity contribution in [2.24, 2.45) is 13.0 Å². The molecule has 0 spiro atoms. The monoisotopic (exact) mass is 349 g/mol. The molecule has 1 atom stereocenters. The molecule has 2 saturated heterocycles. The summed E-state index contributed by atoms with van der Waals surface area (Å²) in [5.41, 5.74) is -0.118. The van der Waals surface area contributed by atoms with Gasteiger partial charge in [-0.15, -0.1) is 0 Å². The molecule has 0 bridgehead atoms. The summed E-state index contributed by atoms with van der Waals surface area (Å²) in [7, 11) is 1.58. The van der Waals surface area contributed by atoms with Crippen LogP contribution in [0.4, 0.5) is 10.6 Å². The highest BCUT2D eigenvalue weighted by molar-refractivity contribution is 5.94. The van der Waals surface area contributed by atoms with Crippen molar-refractivity contribution in [2.75, 3.05) is 31.5 Å². The lowest BCUT2D eigenvalue weighted by molar-refractivity contribution is -0.121. The zero-order valence-corrected chi connectivity index (χ0v) is 14.3. The zero-order valence-electron chi connectivity index (χ0n) is 14.3. The van der Waals surface area contributed by atoms with Gasteiger partial charge in [0.2, 0.25) is 5.91 Å². The van der Waals surface area contributed by atoms with E-state index in [4.69, 9.17) is 5.11 Å². The predicted octanol–water partition coefficient (Wildman–Crippen LogP) is 0.985. The van der Waals surface area contributed by atoms with Crippen molar-refractivity contribution >= 4 is 23.7 Å². The van der Waals surface area contributed by atoms with Crippen LogP contribution in [-0.4, -0.2) is 68.8 Å². The molecule has 1 unspecified atom stereocenters. The topological polar surface area (TPSA) is 108 Å². The first kappa shape index (κ1) is 17.2. The third-order valence-electron chi connectivity index (χ3n) is 4.79. The molecule has 2 N–H and O–H groups in total. The highest BCUT2D eigenvalue weighted by Gasteiger charge is 2.32. The first-order valence-electron chi connectivity index (χ1n) is 8.58. The number of carboxylic acid groups (broad SMARTS) is 1. The summed E-state index contributed by atoms with van der Waals surface area (Å²) in [5, 5.41) is 15.5. The number of carboxylic acids is 1. The van der Waals surface area contributed by atoms with Crippen LogP contribution < -0.4 is 5.32 Å². The lowest BCUT2D eigenvalue weighted by Gasteiger charge is -2.34. The number of hydrogen-bond acceptors (Lipinski definition) is 4.